The first-order chi connectivity index (χ1) is 10.2. The summed E-state index contributed by atoms with van der Waals surface area (Å²) in [5.74, 6) is 0.637. The first-order valence-corrected chi connectivity index (χ1v) is 7.16. The second-order valence-corrected chi connectivity index (χ2v) is 4.50. The van der Waals surface area contributed by atoms with E-state index in [-0.39, 0.29) is 19.0 Å². The number of carbonyl (C=O) groups is 1. The third-order valence-electron chi connectivity index (χ3n) is 2.51. The SMILES string of the molecule is CCC.O=C(c1ccccc1)c1ccc(OCCO)cc1. The number of rotatable bonds is 5. The van der Waals surface area contributed by atoms with Crippen LogP contribution in [0.1, 0.15) is 36.2 Å². The maximum atomic E-state index is 12.1. The fourth-order valence-corrected chi connectivity index (χ4v) is 1.62. The Morgan fingerprint density at radius 1 is 0.952 bits per heavy atom. The summed E-state index contributed by atoms with van der Waals surface area (Å²) in [6.07, 6.45) is 1.25. The molecule has 0 heterocycles. The van der Waals surface area contributed by atoms with Crippen LogP contribution in [0, 0.1) is 0 Å². The lowest BCUT2D eigenvalue weighted by atomic mass is 10.0. The molecular formula is C18H22O3. The van der Waals surface area contributed by atoms with Crippen molar-refractivity contribution in [3.63, 3.8) is 0 Å². The average molecular weight is 286 g/mol. The van der Waals surface area contributed by atoms with Crippen LogP contribution in [-0.2, 0) is 0 Å². The monoisotopic (exact) mass is 286 g/mol. The number of ketones is 1. The van der Waals surface area contributed by atoms with Gasteiger partial charge < -0.3 is 9.84 Å². The van der Waals surface area contributed by atoms with Crippen molar-refractivity contribution < 1.29 is 14.6 Å². The van der Waals surface area contributed by atoms with Crippen molar-refractivity contribution in [2.45, 2.75) is 20.3 Å². The van der Waals surface area contributed by atoms with Crippen LogP contribution >= 0.6 is 0 Å². The second-order valence-electron chi connectivity index (χ2n) is 4.50. The van der Waals surface area contributed by atoms with Crippen molar-refractivity contribution in [3.8, 4) is 5.75 Å². The van der Waals surface area contributed by atoms with Crippen LogP contribution in [0.2, 0.25) is 0 Å². The minimum Gasteiger partial charge on any atom is -0.491 e. The zero-order valence-corrected chi connectivity index (χ0v) is 12.6. The molecule has 0 fully saturated rings. The minimum atomic E-state index is -0.0231. The Kier molecular flexibility index (Phi) is 7.84. The summed E-state index contributed by atoms with van der Waals surface area (Å²) < 4.78 is 5.23. The molecule has 0 atom stereocenters. The van der Waals surface area contributed by atoms with Gasteiger partial charge in [-0.2, -0.15) is 0 Å². The van der Waals surface area contributed by atoms with E-state index in [2.05, 4.69) is 13.8 Å². The fraction of sp³-hybridized carbons (Fsp3) is 0.278. The smallest absolute Gasteiger partial charge is 0.193 e. The Hall–Kier alpha value is -2.13. The predicted octanol–water partition coefficient (Wildman–Crippen LogP) is 3.71. The van der Waals surface area contributed by atoms with E-state index in [1.165, 1.54) is 6.42 Å². The molecule has 0 bridgehead atoms. The molecule has 0 aliphatic heterocycles. The highest BCUT2D eigenvalue weighted by molar-refractivity contribution is 6.08. The molecule has 2 aromatic rings. The van der Waals surface area contributed by atoms with Crippen molar-refractivity contribution in [2.75, 3.05) is 13.2 Å². The molecule has 0 aliphatic carbocycles. The van der Waals surface area contributed by atoms with Gasteiger partial charge in [0.25, 0.3) is 0 Å². The van der Waals surface area contributed by atoms with Gasteiger partial charge in [0.1, 0.15) is 12.4 Å². The van der Waals surface area contributed by atoms with Gasteiger partial charge in [0, 0.05) is 11.1 Å². The van der Waals surface area contributed by atoms with E-state index in [0.717, 1.165) is 0 Å². The first kappa shape index (κ1) is 16.9. The molecule has 1 N–H and O–H groups in total. The Morgan fingerprint density at radius 3 is 2.00 bits per heavy atom. The highest BCUT2D eigenvalue weighted by Gasteiger charge is 2.07. The second kappa shape index (κ2) is 9.72. The summed E-state index contributed by atoms with van der Waals surface area (Å²) in [4.78, 5) is 12.1. The molecule has 2 rings (SSSR count). The van der Waals surface area contributed by atoms with Crippen molar-refractivity contribution in [1.29, 1.82) is 0 Å². The Balaban J connectivity index is 0.000000677. The summed E-state index contributed by atoms with van der Waals surface area (Å²) in [5.41, 5.74) is 1.29. The van der Waals surface area contributed by atoms with Gasteiger partial charge in [0.15, 0.2) is 5.78 Å². The Morgan fingerprint density at radius 2 is 1.48 bits per heavy atom. The first-order valence-electron chi connectivity index (χ1n) is 7.16. The van der Waals surface area contributed by atoms with Gasteiger partial charge >= 0.3 is 0 Å². The number of hydrogen-bond acceptors (Lipinski definition) is 3. The van der Waals surface area contributed by atoms with Crippen LogP contribution in [0.4, 0.5) is 0 Å². The van der Waals surface area contributed by atoms with E-state index in [4.69, 9.17) is 9.84 Å². The highest BCUT2D eigenvalue weighted by atomic mass is 16.5. The fourth-order valence-electron chi connectivity index (χ4n) is 1.62. The molecule has 0 amide bonds. The van der Waals surface area contributed by atoms with E-state index < -0.39 is 0 Å². The Labute approximate surface area is 126 Å². The van der Waals surface area contributed by atoms with E-state index in [1.807, 2.05) is 18.2 Å². The topological polar surface area (TPSA) is 46.5 Å². The molecule has 0 radical (unpaired) electrons. The third kappa shape index (κ3) is 5.79. The molecule has 0 aromatic heterocycles. The lowest BCUT2D eigenvalue weighted by Crippen LogP contribution is -2.03. The predicted molar refractivity (Wildman–Crippen MR) is 84.9 cm³/mol. The number of hydrogen-bond donors (Lipinski definition) is 1. The highest BCUT2D eigenvalue weighted by Crippen LogP contribution is 2.15. The molecule has 2 aromatic carbocycles. The van der Waals surface area contributed by atoms with Crippen LogP contribution in [-0.4, -0.2) is 24.1 Å². The van der Waals surface area contributed by atoms with Gasteiger partial charge in [0.05, 0.1) is 6.61 Å². The molecule has 0 aliphatic rings. The number of aliphatic hydroxyl groups excluding tert-OH is 1. The molecule has 0 saturated heterocycles. The number of carbonyl (C=O) groups excluding carboxylic acids is 1. The van der Waals surface area contributed by atoms with Crippen molar-refractivity contribution in [3.05, 3.63) is 65.7 Å². The van der Waals surface area contributed by atoms with Gasteiger partial charge in [-0.05, 0) is 24.3 Å². The maximum Gasteiger partial charge on any atom is 0.193 e. The average Bonchev–Trinajstić information content (AvgIpc) is 2.54. The molecular weight excluding hydrogens is 264 g/mol. The van der Waals surface area contributed by atoms with Crippen LogP contribution in [0.25, 0.3) is 0 Å². The van der Waals surface area contributed by atoms with Gasteiger partial charge in [-0.3, -0.25) is 4.79 Å². The summed E-state index contributed by atoms with van der Waals surface area (Å²) >= 11 is 0. The van der Waals surface area contributed by atoms with Crippen molar-refractivity contribution in [1.82, 2.24) is 0 Å². The van der Waals surface area contributed by atoms with Crippen LogP contribution in [0.5, 0.6) is 5.75 Å². The van der Waals surface area contributed by atoms with E-state index >= 15 is 0 Å². The number of aliphatic hydroxyl groups is 1. The molecule has 3 heteroatoms. The molecule has 112 valence electrons. The molecule has 21 heavy (non-hydrogen) atoms. The minimum absolute atomic E-state index is 0.00990. The number of benzene rings is 2. The standard InChI is InChI=1S/C15H14O3.C3H8/c16-10-11-18-14-8-6-13(7-9-14)15(17)12-4-2-1-3-5-12;1-3-2/h1-9,16H,10-11H2;3H2,1-2H3. The maximum absolute atomic E-state index is 12.1. The number of ether oxygens (including phenoxy) is 1. The largest absolute Gasteiger partial charge is 0.491 e. The molecule has 0 saturated carbocycles. The van der Waals surface area contributed by atoms with E-state index in [0.29, 0.717) is 16.9 Å². The van der Waals surface area contributed by atoms with Gasteiger partial charge in [0.2, 0.25) is 0 Å². The van der Waals surface area contributed by atoms with Gasteiger partial charge in [-0.1, -0.05) is 50.6 Å². The molecule has 0 unspecified atom stereocenters. The summed E-state index contributed by atoms with van der Waals surface area (Å²) in [7, 11) is 0. The molecule has 3 nitrogen and oxygen atoms in total. The van der Waals surface area contributed by atoms with Crippen LogP contribution < -0.4 is 4.74 Å². The zero-order valence-electron chi connectivity index (χ0n) is 12.6. The van der Waals surface area contributed by atoms with Crippen LogP contribution in [0.3, 0.4) is 0 Å². The normalized spacial score (nSPS) is 9.48. The van der Waals surface area contributed by atoms with E-state index in [1.54, 1.807) is 36.4 Å². The quantitative estimate of drug-likeness (QED) is 0.852. The lowest BCUT2D eigenvalue weighted by molar-refractivity contribution is 0.103. The van der Waals surface area contributed by atoms with Crippen molar-refractivity contribution >= 4 is 5.78 Å². The summed E-state index contributed by atoms with van der Waals surface area (Å²) in [6, 6.07) is 16.0. The zero-order chi connectivity index (χ0) is 15.5. The van der Waals surface area contributed by atoms with Crippen molar-refractivity contribution in [2.24, 2.45) is 0 Å². The summed E-state index contributed by atoms with van der Waals surface area (Å²) in [6.45, 7) is 4.48. The van der Waals surface area contributed by atoms with Gasteiger partial charge in [-0.25, -0.2) is 0 Å². The van der Waals surface area contributed by atoms with E-state index in [9.17, 15) is 4.79 Å². The van der Waals surface area contributed by atoms with Crippen LogP contribution in [0.15, 0.2) is 54.6 Å². The lowest BCUT2D eigenvalue weighted by Gasteiger charge is -2.05. The molecule has 0 spiro atoms. The Bertz CT molecular complexity index is 518. The van der Waals surface area contributed by atoms with Gasteiger partial charge in [-0.15, -0.1) is 0 Å². The third-order valence-corrected chi connectivity index (χ3v) is 2.51. The summed E-state index contributed by atoms with van der Waals surface area (Å²) in [5, 5.41) is 8.64.